The zero-order valence-electron chi connectivity index (χ0n) is 17.5. The molecule has 10 heteroatoms. The molecular weight excluding hydrogens is 400 g/mol. The molecule has 0 bridgehead atoms. The Morgan fingerprint density at radius 3 is 1.90 bits per heavy atom. The van der Waals surface area contributed by atoms with Crippen LogP contribution < -0.4 is 9.47 Å². The Labute approximate surface area is 174 Å². The fourth-order valence-corrected chi connectivity index (χ4v) is 3.01. The number of ether oxygens (including phenoxy) is 7. The summed E-state index contributed by atoms with van der Waals surface area (Å²) in [5, 5.41) is 0. The number of methoxy groups -OCH3 is 2. The molecule has 0 spiro atoms. The Hall–Kier alpha value is -2.85. The molecule has 30 heavy (non-hydrogen) atoms. The van der Waals surface area contributed by atoms with Crippen LogP contribution in [0.2, 0.25) is 0 Å². The van der Waals surface area contributed by atoms with E-state index in [4.69, 9.17) is 33.2 Å². The first-order chi connectivity index (χ1) is 14.2. The van der Waals surface area contributed by atoms with Crippen molar-refractivity contribution < 1.29 is 47.5 Å². The largest absolute Gasteiger partial charge is 0.497 e. The van der Waals surface area contributed by atoms with Crippen LogP contribution in [-0.2, 0) is 38.1 Å². The van der Waals surface area contributed by atoms with Gasteiger partial charge >= 0.3 is 17.9 Å². The average Bonchev–Trinajstić information content (AvgIpc) is 2.68. The van der Waals surface area contributed by atoms with Crippen LogP contribution in [0.1, 0.15) is 20.8 Å². The van der Waals surface area contributed by atoms with E-state index in [1.165, 1.54) is 35.0 Å². The molecular formula is C20H26O10. The van der Waals surface area contributed by atoms with Crippen molar-refractivity contribution in [3.63, 3.8) is 0 Å². The molecule has 166 valence electrons. The molecule has 0 aliphatic carbocycles. The lowest BCUT2D eigenvalue weighted by molar-refractivity contribution is -0.289. The van der Waals surface area contributed by atoms with Crippen LogP contribution in [0.15, 0.2) is 24.3 Å². The maximum Gasteiger partial charge on any atom is 0.303 e. The van der Waals surface area contributed by atoms with E-state index in [1.54, 1.807) is 24.3 Å². The molecule has 1 aromatic rings. The van der Waals surface area contributed by atoms with Crippen LogP contribution >= 0.6 is 0 Å². The molecule has 0 aromatic heterocycles. The van der Waals surface area contributed by atoms with Gasteiger partial charge in [0.1, 0.15) is 30.3 Å². The lowest BCUT2D eigenvalue weighted by atomic mass is 9.98. The average molecular weight is 426 g/mol. The summed E-state index contributed by atoms with van der Waals surface area (Å²) in [6, 6.07) is 6.66. The van der Waals surface area contributed by atoms with E-state index in [9.17, 15) is 14.4 Å². The molecule has 0 radical (unpaired) electrons. The molecule has 0 amide bonds. The van der Waals surface area contributed by atoms with E-state index in [0.717, 1.165) is 0 Å². The smallest absolute Gasteiger partial charge is 0.303 e. The minimum Gasteiger partial charge on any atom is -0.497 e. The van der Waals surface area contributed by atoms with Gasteiger partial charge in [0.2, 0.25) is 6.29 Å². The molecule has 1 fully saturated rings. The fourth-order valence-electron chi connectivity index (χ4n) is 3.01. The van der Waals surface area contributed by atoms with Crippen LogP contribution in [0, 0.1) is 0 Å². The van der Waals surface area contributed by atoms with E-state index >= 15 is 0 Å². The van der Waals surface area contributed by atoms with Crippen LogP contribution in [0.5, 0.6) is 11.5 Å². The van der Waals surface area contributed by atoms with Crippen LogP contribution in [0.25, 0.3) is 0 Å². The van der Waals surface area contributed by atoms with Gasteiger partial charge in [-0.15, -0.1) is 0 Å². The number of hydrogen-bond acceptors (Lipinski definition) is 10. The minimum atomic E-state index is -1.13. The molecule has 1 unspecified atom stereocenters. The quantitative estimate of drug-likeness (QED) is 0.444. The second-order valence-electron chi connectivity index (χ2n) is 6.49. The van der Waals surface area contributed by atoms with Gasteiger partial charge in [-0.2, -0.15) is 0 Å². The third-order valence-electron chi connectivity index (χ3n) is 4.23. The fraction of sp³-hybridized carbons (Fsp3) is 0.550. The number of carbonyl (C=O) groups is 3. The molecule has 1 aromatic carbocycles. The highest BCUT2D eigenvalue weighted by Gasteiger charge is 2.51. The maximum absolute atomic E-state index is 11.7. The van der Waals surface area contributed by atoms with Crippen LogP contribution in [-0.4, -0.2) is 69.4 Å². The SMILES string of the molecule is COc1ccc(OC2O[C@H](COC(C)=O)[C@@H](OC(C)=O)[C@H](OC)[C@H]2OC(C)=O)cc1. The summed E-state index contributed by atoms with van der Waals surface area (Å²) in [7, 11) is 2.91. The lowest BCUT2D eigenvalue weighted by Crippen LogP contribution is -2.63. The van der Waals surface area contributed by atoms with Crippen molar-refractivity contribution in [2.45, 2.75) is 51.5 Å². The summed E-state index contributed by atoms with van der Waals surface area (Å²) in [6.45, 7) is 3.46. The van der Waals surface area contributed by atoms with Gasteiger partial charge < -0.3 is 33.2 Å². The summed E-state index contributed by atoms with van der Waals surface area (Å²) in [4.78, 5) is 34.6. The lowest BCUT2D eigenvalue weighted by Gasteiger charge is -2.44. The monoisotopic (exact) mass is 426 g/mol. The summed E-state index contributed by atoms with van der Waals surface area (Å²) < 4.78 is 38.1. The predicted molar refractivity (Wildman–Crippen MR) is 101 cm³/mol. The highest BCUT2D eigenvalue weighted by molar-refractivity contribution is 5.67. The van der Waals surface area contributed by atoms with Crippen molar-refractivity contribution in [2.24, 2.45) is 0 Å². The summed E-state index contributed by atoms with van der Waals surface area (Å²) in [5.74, 6) is -0.710. The van der Waals surface area contributed by atoms with E-state index in [2.05, 4.69) is 0 Å². The summed E-state index contributed by atoms with van der Waals surface area (Å²) in [6.07, 6.45) is -5.05. The van der Waals surface area contributed by atoms with Crippen LogP contribution in [0.3, 0.4) is 0 Å². The number of esters is 3. The first-order valence-corrected chi connectivity index (χ1v) is 9.22. The summed E-state index contributed by atoms with van der Waals surface area (Å²) in [5.41, 5.74) is 0. The third-order valence-corrected chi connectivity index (χ3v) is 4.23. The van der Waals surface area contributed by atoms with E-state index in [0.29, 0.717) is 11.5 Å². The van der Waals surface area contributed by atoms with Crippen molar-refractivity contribution in [2.75, 3.05) is 20.8 Å². The van der Waals surface area contributed by atoms with E-state index in [1.807, 2.05) is 0 Å². The maximum atomic E-state index is 11.7. The minimum absolute atomic E-state index is 0.220. The highest BCUT2D eigenvalue weighted by Crippen LogP contribution is 2.30. The zero-order chi connectivity index (χ0) is 22.3. The van der Waals surface area contributed by atoms with Gasteiger partial charge in [-0.25, -0.2) is 0 Å². The molecule has 5 atom stereocenters. The number of benzene rings is 1. The van der Waals surface area contributed by atoms with Crippen molar-refractivity contribution in [3.8, 4) is 11.5 Å². The molecule has 1 saturated heterocycles. The van der Waals surface area contributed by atoms with Gasteiger partial charge in [-0.05, 0) is 24.3 Å². The normalized spacial score (nSPS) is 25.7. The molecule has 0 N–H and O–H groups in total. The molecule has 1 aliphatic rings. The van der Waals surface area contributed by atoms with Crippen molar-refractivity contribution in [3.05, 3.63) is 24.3 Å². The Kier molecular flexibility index (Phi) is 8.43. The van der Waals surface area contributed by atoms with Crippen molar-refractivity contribution in [1.29, 1.82) is 0 Å². The van der Waals surface area contributed by atoms with Gasteiger partial charge in [0.05, 0.1) is 7.11 Å². The highest BCUT2D eigenvalue weighted by atomic mass is 16.7. The molecule has 0 saturated carbocycles. The molecule has 1 heterocycles. The Balaban J connectivity index is 2.33. The second-order valence-corrected chi connectivity index (χ2v) is 6.49. The van der Waals surface area contributed by atoms with Crippen LogP contribution in [0.4, 0.5) is 0 Å². The molecule has 10 nitrogen and oxygen atoms in total. The Morgan fingerprint density at radius 1 is 0.833 bits per heavy atom. The first kappa shape index (κ1) is 23.4. The standard InChI is InChI=1S/C20H26O10/c1-11(21)26-10-16-17(27-12(2)22)18(25-5)19(28-13(3)23)20(30-16)29-15-8-6-14(24-4)7-9-15/h6-9,16-20H,10H2,1-5H3/t16-,17-,18+,19-,20?/m1/s1. The predicted octanol–water partition coefficient (Wildman–Crippen LogP) is 1.24. The van der Waals surface area contributed by atoms with Gasteiger partial charge in [0, 0.05) is 27.9 Å². The molecule has 2 rings (SSSR count). The first-order valence-electron chi connectivity index (χ1n) is 9.22. The van der Waals surface area contributed by atoms with Gasteiger partial charge in [-0.1, -0.05) is 0 Å². The van der Waals surface area contributed by atoms with Gasteiger partial charge in [0.25, 0.3) is 0 Å². The summed E-state index contributed by atoms with van der Waals surface area (Å²) >= 11 is 0. The van der Waals surface area contributed by atoms with Gasteiger partial charge in [-0.3, -0.25) is 14.4 Å². The topological polar surface area (TPSA) is 116 Å². The van der Waals surface area contributed by atoms with Crippen molar-refractivity contribution >= 4 is 17.9 Å². The van der Waals surface area contributed by atoms with Crippen molar-refractivity contribution in [1.82, 2.24) is 0 Å². The van der Waals surface area contributed by atoms with Gasteiger partial charge in [0.15, 0.2) is 12.2 Å². The number of hydrogen-bond donors (Lipinski definition) is 0. The van der Waals surface area contributed by atoms with E-state index in [-0.39, 0.29) is 6.61 Å². The second kappa shape index (κ2) is 10.8. The molecule has 1 aliphatic heterocycles. The third kappa shape index (κ3) is 6.33. The van der Waals surface area contributed by atoms with E-state index < -0.39 is 48.6 Å². The number of rotatable bonds is 8. The zero-order valence-corrected chi connectivity index (χ0v) is 17.5. The Bertz CT molecular complexity index is 732. The number of carbonyl (C=O) groups excluding carboxylic acids is 3. The Morgan fingerprint density at radius 2 is 1.40 bits per heavy atom.